The van der Waals surface area contributed by atoms with Crippen molar-refractivity contribution in [3.8, 4) is 0 Å². The van der Waals surface area contributed by atoms with Crippen molar-refractivity contribution >= 4 is 5.91 Å². The van der Waals surface area contributed by atoms with E-state index in [-0.39, 0.29) is 17.9 Å². The van der Waals surface area contributed by atoms with Crippen LogP contribution in [0.25, 0.3) is 0 Å². The van der Waals surface area contributed by atoms with Crippen LogP contribution in [0.4, 0.5) is 0 Å². The van der Waals surface area contributed by atoms with Gasteiger partial charge in [0.1, 0.15) is 0 Å². The third kappa shape index (κ3) is 2.59. The number of hydrogen-bond donors (Lipinski definition) is 1. The summed E-state index contributed by atoms with van der Waals surface area (Å²) in [6.07, 6.45) is 8.60. The van der Waals surface area contributed by atoms with E-state index in [9.17, 15) is 9.90 Å². The lowest BCUT2D eigenvalue weighted by Gasteiger charge is -2.33. The maximum absolute atomic E-state index is 12.1. The third-order valence-electron chi connectivity index (χ3n) is 3.33. The Morgan fingerprint density at radius 3 is 2.87 bits per heavy atom. The third-order valence-corrected chi connectivity index (χ3v) is 3.33. The molecule has 3 heteroatoms. The summed E-state index contributed by atoms with van der Waals surface area (Å²) in [6.45, 7) is 1.37. The van der Waals surface area contributed by atoms with Crippen molar-refractivity contribution < 1.29 is 9.90 Å². The number of β-amino-alcohol motifs (C(OH)–C–C–N with tert-alkyl or cyclic N) is 1. The number of hydrogen-bond acceptors (Lipinski definition) is 2. The summed E-state index contributed by atoms with van der Waals surface area (Å²) in [6, 6.07) is 0. The number of aliphatic hydroxyl groups is 1. The zero-order valence-electron chi connectivity index (χ0n) is 9.06. The highest BCUT2D eigenvalue weighted by molar-refractivity contribution is 5.79. The lowest BCUT2D eigenvalue weighted by Crippen LogP contribution is -2.45. The lowest BCUT2D eigenvalue weighted by molar-refractivity contribution is -0.138. The van der Waals surface area contributed by atoms with Crippen molar-refractivity contribution in [3.05, 3.63) is 12.2 Å². The maximum atomic E-state index is 12.1. The van der Waals surface area contributed by atoms with Crippen LogP contribution in [0.15, 0.2) is 12.2 Å². The number of carbonyl (C=O) groups is 1. The van der Waals surface area contributed by atoms with Crippen molar-refractivity contribution in [1.82, 2.24) is 4.90 Å². The SMILES string of the molecule is O=C(C1CC=CCC1)N1CCC[C@H](O)C1. The Balaban J connectivity index is 1.91. The Hall–Kier alpha value is -0.830. The van der Waals surface area contributed by atoms with Crippen molar-refractivity contribution in [1.29, 1.82) is 0 Å². The Kier molecular flexibility index (Phi) is 3.41. The lowest BCUT2D eigenvalue weighted by atomic mass is 9.92. The van der Waals surface area contributed by atoms with Crippen molar-refractivity contribution in [2.24, 2.45) is 5.92 Å². The molecule has 0 aromatic heterocycles. The van der Waals surface area contributed by atoms with Crippen LogP contribution in [0.3, 0.4) is 0 Å². The fraction of sp³-hybridized carbons (Fsp3) is 0.750. The van der Waals surface area contributed by atoms with E-state index >= 15 is 0 Å². The first-order valence-corrected chi connectivity index (χ1v) is 5.89. The number of likely N-dealkylation sites (tertiary alicyclic amines) is 1. The molecule has 1 amide bonds. The molecule has 1 saturated heterocycles. The molecule has 0 aromatic carbocycles. The van der Waals surface area contributed by atoms with E-state index in [1.807, 2.05) is 4.90 Å². The monoisotopic (exact) mass is 209 g/mol. The van der Waals surface area contributed by atoms with Gasteiger partial charge in [0.05, 0.1) is 6.10 Å². The standard InChI is InChI=1S/C12H19NO2/c14-11-7-4-8-13(9-11)12(15)10-5-2-1-3-6-10/h1-2,10-11,14H,3-9H2/t10?,11-/m0/s1. The molecule has 1 aliphatic carbocycles. The first kappa shape index (κ1) is 10.7. The van der Waals surface area contributed by atoms with Gasteiger partial charge in [-0.3, -0.25) is 4.79 Å². The molecule has 1 unspecified atom stereocenters. The minimum atomic E-state index is -0.304. The van der Waals surface area contributed by atoms with Gasteiger partial charge in [0, 0.05) is 19.0 Å². The van der Waals surface area contributed by atoms with Crippen LogP contribution in [0.1, 0.15) is 32.1 Å². The molecule has 2 rings (SSSR count). The quantitative estimate of drug-likeness (QED) is 0.662. The van der Waals surface area contributed by atoms with E-state index < -0.39 is 0 Å². The normalized spacial score (nSPS) is 31.7. The van der Waals surface area contributed by atoms with Crippen LogP contribution in [0, 0.1) is 5.92 Å². The highest BCUT2D eigenvalue weighted by atomic mass is 16.3. The number of rotatable bonds is 1. The summed E-state index contributed by atoms with van der Waals surface area (Å²) >= 11 is 0. The van der Waals surface area contributed by atoms with Crippen LogP contribution >= 0.6 is 0 Å². The molecule has 15 heavy (non-hydrogen) atoms. The van der Waals surface area contributed by atoms with Crippen molar-refractivity contribution in [2.45, 2.75) is 38.2 Å². The summed E-state index contributed by atoms with van der Waals surface area (Å²) in [5.74, 6) is 0.415. The van der Waals surface area contributed by atoms with Crippen LogP contribution in [0.5, 0.6) is 0 Å². The van der Waals surface area contributed by atoms with Gasteiger partial charge < -0.3 is 10.0 Å². The second kappa shape index (κ2) is 4.79. The number of piperidine rings is 1. The highest BCUT2D eigenvalue weighted by Gasteiger charge is 2.27. The number of aliphatic hydroxyl groups excluding tert-OH is 1. The predicted octanol–water partition coefficient (Wildman–Crippen LogP) is 1.33. The topological polar surface area (TPSA) is 40.5 Å². The molecule has 0 spiro atoms. The Morgan fingerprint density at radius 2 is 2.20 bits per heavy atom. The first-order valence-electron chi connectivity index (χ1n) is 5.89. The Morgan fingerprint density at radius 1 is 1.33 bits per heavy atom. The average Bonchev–Trinajstić information content (AvgIpc) is 2.29. The number of nitrogens with zero attached hydrogens (tertiary/aromatic N) is 1. The fourth-order valence-electron chi connectivity index (χ4n) is 2.43. The molecule has 84 valence electrons. The molecular formula is C12H19NO2. The van der Waals surface area contributed by atoms with Crippen molar-refractivity contribution in [2.75, 3.05) is 13.1 Å². The smallest absolute Gasteiger partial charge is 0.226 e. The van der Waals surface area contributed by atoms with Crippen LogP contribution in [-0.4, -0.2) is 35.1 Å². The number of amides is 1. The maximum Gasteiger partial charge on any atom is 0.226 e. The van der Waals surface area contributed by atoms with Crippen molar-refractivity contribution in [3.63, 3.8) is 0 Å². The number of carbonyl (C=O) groups excluding carboxylic acids is 1. The first-order chi connectivity index (χ1) is 7.27. The largest absolute Gasteiger partial charge is 0.391 e. The van der Waals surface area contributed by atoms with Crippen LogP contribution in [0.2, 0.25) is 0 Å². The molecule has 0 aromatic rings. The van der Waals surface area contributed by atoms with Gasteiger partial charge in [0.25, 0.3) is 0 Å². The molecular weight excluding hydrogens is 190 g/mol. The van der Waals surface area contributed by atoms with E-state index in [1.54, 1.807) is 0 Å². The van der Waals surface area contributed by atoms with E-state index in [1.165, 1.54) is 0 Å². The van der Waals surface area contributed by atoms with Gasteiger partial charge in [-0.15, -0.1) is 0 Å². The summed E-state index contributed by atoms with van der Waals surface area (Å²) < 4.78 is 0. The molecule has 1 aliphatic heterocycles. The second-order valence-electron chi connectivity index (χ2n) is 4.56. The molecule has 2 aliphatic rings. The van der Waals surface area contributed by atoms with E-state index in [0.717, 1.165) is 38.6 Å². The van der Waals surface area contributed by atoms with Crippen LogP contribution in [-0.2, 0) is 4.79 Å². The summed E-state index contributed by atoms with van der Waals surface area (Å²) in [4.78, 5) is 13.9. The molecule has 0 saturated carbocycles. The molecule has 0 radical (unpaired) electrons. The molecule has 1 fully saturated rings. The van der Waals surface area contributed by atoms with Gasteiger partial charge in [-0.2, -0.15) is 0 Å². The fourth-order valence-corrected chi connectivity index (χ4v) is 2.43. The van der Waals surface area contributed by atoms with Crippen LogP contribution < -0.4 is 0 Å². The second-order valence-corrected chi connectivity index (χ2v) is 4.56. The van der Waals surface area contributed by atoms with E-state index in [0.29, 0.717) is 6.54 Å². The predicted molar refractivity (Wildman–Crippen MR) is 58.3 cm³/mol. The summed E-state index contributed by atoms with van der Waals surface area (Å²) in [5, 5.41) is 9.52. The van der Waals surface area contributed by atoms with Gasteiger partial charge in [-0.25, -0.2) is 0 Å². The number of allylic oxidation sites excluding steroid dienone is 2. The summed E-state index contributed by atoms with van der Waals surface area (Å²) in [5.41, 5.74) is 0. The zero-order chi connectivity index (χ0) is 10.7. The molecule has 3 nitrogen and oxygen atoms in total. The van der Waals surface area contributed by atoms with E-state index in [4.69, 9.17) is 0 Å². The minimum Gasteiger partial charge on any atom is -0.391 e. The van der Waals surface area contributed by atoms with Gasteiger partial charge in [-0.05, 0) is 32.1 Å². The molecule has 2 atom stereocenters. The average molecular weight is 209 g/mol. The Labute approximate surface area is 90.8 Å². The molecule has 1 N–H and O–H groups in total. The van der Waals surface area contributed by atoms with Gasteiger partial charge >= 0.3 is 0 Å². The van der Waals surface area contributed by atoms with Gasteiger partial charge in [-0.1, -0.05) is 12.2 Å². The minimum absolute atomic E-state index is 0.167. The zero-order valence-corrected chi connectivity index (χ0v) is 9.06. The molecule has 1 heterocycles. The van der Waals surface area contributed by atoms with Gasteiger partial charge in [0.15, 0.2) is 0 Å². The van der Waals surface area contributed by atoms with Gasteiger partial charge in [0.2, 0.25) is 5.91 Å². The Bertz CT molecular complexity index is 262. The highest BCUT2D eigenvalue weighted by Crippen LogP contribution is 2.22. The summed E-state index contributed by atoms with van der Waals surface area (Å²) in [7, 11) is 0. The van der Waals surface area contributed by atoms with E-state index in [2.05, 4.69) is 12.2 Å². The molecule has 0 bridgehead atoms.